The second-order valence-electron chi connectivity index (χ2n) is 21.7. The first-order valence-electron chi connectivity index (χ1n) is 30.3. The SMILES string of the molecule is CCCCCCCCCCCCCCCP(Cl)(CCCCCCCCCCCCCCC)(CCCCCCCCCCCCCCC)CCCCCCCCCCCCCCC. The van der Waals surface area contributed by atoms with E-state index in [1.54, 1.807) is 0 Å². The number of rotatable bonds is 56. The Bertz CT molecular complexity index is 677. The van der Waals surface area contributed by atoms with Crippen LogP contribution in [-0.4, -0.2) is 24.6 Å². The van der Waals surface area contributed by atoms with Crippen molar-refractivity contribution in [1.82, 2.24) is 0 Å². The van der Waals surface area contributed by atoms with Crippen LogP contribution >= 0.6 is 17.2 Å². The van der Waals surface area contributed by atoms with Crippen LogP contribution in [0.15, 0.2) is 0 Å². The number of hydrogen-bond acceptors (Lipinski definition) is 0. The second kappa shape index (κ2) is 51.1. The van der Waals surface area contributed by atoms with Crippen molar-refractivity contribution in [1.29, 1.82) is 0 Å². The van der Waals surface area contributed by atoms with Gasteiger partial charge in [-0.1, -0.05) is 79.1 Å². The molecule has 0 fully saturated rings. The van der Waals surface area contributed by atoms with E-state index in [-0.39, 0.29) is 0 Å². The molecule has 0 aromatic heterocycles. The molecule has 0 saturated carbocycles. The van der Waals surface area contributed by atoms with E-state index in [1.165, 1.54) is 359 Å². The van der Waals surface area contributed by atoms with Crippen molar-refractivity contribution in [2.24, 2.45) is 0 Å². The van der Waals surface area contributed by atoms with Crippen LogP contribution in [-0.2, 0) is 0 Å². The predicted octanol–water partition coefficient (Wildman–Crippen LogP) is 24.1. The summed E-state index contributed by atoms with van der Waals surface area (Å²) in [6, 6.07) is 0. The third kappa shape index (κ3) is 45.9. The van der Waals surface area contributed by atoms with Crippen molar-refractivity contribution in [2.75, 3.05) is 24.6 Å². The van der Waals surface area contributed by atoms with Gasteiger partial charge in [-0.3, -0.25) is 0 Å². The summed E-state index contributed by atoms with van der Waals surface area (Å²) in [5.41, 5.74) is 0. The van der Waals surface area contributed by atoms with E-state index in [4.69, 9.17) is 11.2 Å². The number of halogens is 1. The van der Waals surface area contributed by atoms with Crippen LogP contribution in [0.1, 0.15) is 362 Å². The molecule has 62 heavy (non-hydrogen) atoms. The molecule has 0 amide bonds. The molecule has 0 heterocycles. The maximum absolute atomic E-state index is 8.50. The molecule has 376 valence electrons. The second-order valence-corrected chi connectivity index (χ2v) is 30.0. The van der Waals surface area contributed by atoms with Crippen LogP contribution < -0.4 is 0 Å². The summed E-state index contributed by atoms with van der Waals surface area (Å²) in [4.78, 5) is 0. The summed E-state index contributed by atoms with van der Waals surface area (Å²) in [6.07, 6.45) is 81.2. The third-order valence-electron chi connectivity index (χ3n) is 15.3. The molecule has 0 aliphatic carbocycles. The smallest absolute Gasteiger partial charge is 0.0654 e. The van der Waals surface area contributed by atoms with Crippen molar-refractivity contribution in [3.05, 3.63) is 0 Å². The summed E-state index contributed by atoms with van der Waals surface area (Å²) in [5.74, 6) is -2.23. The van der Waals surface area contributed by atoms with Crippen LogP contribution in [0.5, 0.6) is 0 Å². The Hall–Kier alpha value is 0.720. The van der Waals surface area contributed by atoms with Crippen LogP contribution in [0.2, 0.25) is 0 Å². The van der Waals surface area contributed by atoms with Gasteiger partial charge in [0.1, 0.15) is 0 Å². The molecule has 0 aromatic carbocycles. The van der Waals surface area contributed by atoms with Crippen molar-refractivity contribution >= 4 is 17.2 Å². The van der Waals surface area contributed by atoms with E-state index in [1.807, 2.05) is 0 Å². The molecule has 2 heteroatoms. The molecule has 0 rings (SSSR count). The normalized spacial score (nSPS) is 12.7. The van der Waals surface area contributed by atoms with E-state index in [0.29, 0.717) is 0 Å². The minimum absolute atomic E-state index is 1.37. The monoisotopic (exact) mass is 911 g/mol. The summed E-state index contributed by atoms with van der Waals surface area (Å²) >= 11 is 8.50. The van der Waals surface area contributed by atoms with Gasteiger partial charge in [0.05, 0.1) is 0 Å². The van der Waals surface area contributed by atoms with E-state index < -0.39 is 5.96 Å². The fraction of sp³-hybridized carbons (Fsp3) is 1.00. The van der Waals surface area contributed by atoms with Gasteiger partial charge < -0.3 is 0 Å². The van der Waals surface area contributed by atoms with Crippen molar-refractivity contribution in [3.8, 4) is 0 Å². The fourth-order valence-electron chi connectivity index (χ4n) is 10.8. The Morgan fingerprint density at radius 2 is 0.258 bits per heavy atom. The van der Waals surface area contributed by atoms with E-state index >= 15 is 0 Å². The molecule has 0 spiro atoms. The van der Waals surface area contributed by atoms with Gasteiger partial charge in [0, 0.05) is 0 Å². The maximum atomic E-state index is 8.50. The average molecular weight is 912 g/mol. The van der Waals surface area contributed by atoms with Crippen LogP contribution in [0.25, 0.3) is 0 Å². The van der Waals surface area contributed by atoms with Gasteiger partial charge >= 0.3 is 324 Å². The Labute approximate surface area is 401 Å². The minimum atomic E-state index is -2.23. The first-order chi connectivity index (χ1) is 30.5. The molecule has 0 radical (unpaired) electrons. The van der Waals surface area contributed by atoms with E-state index in [9.17, 15) is 0 Å². The predicted molar refractivity (Wildman–Crippen MR) is 295 cm³/mol. The van der Waals surface area contributed by atoms with Crippen molar-refractivity contribution in [3.63, 3.8) is 0 Å². The Morgan fingerprint density at radius 3 is 0.371 bits per heavy atom. The molecule has 0 N–H and O–H groups in total. The molecular formula is C60H124ClP. The number of hydrogen-bond donors (Lipinski definition) is 0. The van der Waals surface area contributed by atoms with Crippen LogP contribution in [0.3, 0.4) is 0 Å². The van der Waals surface area contributed by atoms with Crippen molar-refractivity contribution < 1.29 is 0 Å². The summed E-state index contributed by atoms with van der Waals surface area (Å²) in [7, 11) is 0. The quantitative estimate of drug-likeness (QED) is 0.0421. The number of unbranched alkanes of at least 4 members (excludes halogenated alkanes) is 48. The standard InChI is InChI=1S/C60H124ClP/c1-5-9-13-17-21-25-29-33-37-41-45-49-53-57-62(61,58-54-50-46-42-38-34-30-26-22-18-14-10-6-2,59-55-51-47-43-39-35-31-27-23-19-15-11-7-3)60-56-52-48-44-40-36-32-28-24-20-16-12-8-4/h5-60H2,1-4H3. The summed E-state index contributed by atoms with van der Waals surface area (Å²) in [5, 5.41) is 0. The molecule has 0 atom stereocenters. The van der Waals surface area contributed by atoms with Gasteiger partial charge in [-0.05, 0) is 0 Å². The topological polar surface area (TPSA) is 0 Å². The molecule has 0 nitrogen and oxygen atoms in total. The van der Waals surface area contributed by atoms with Crippen LogP contribution in [0.4, 0.5) is 0 Å². The third-order valence-corrected chi connectivity index (χ3v) is 23.0. The van der Waals surface area contributed by atoms with Gasteiger partial charge in [-0.25, -0.2) is 0 Å². The zero-order chi connectivity index (χ0) is 45.0. The first-order valence-corrected chi connectivity index (χ1v) is 34.1. The summed E-state index contributed by atoms with van der Waals surface area (Å²) < 4.78 is 0. The van der Waals surface area contributed by atoms with Gasteiger partial charge in [0.25, 0.3) is 0 Å². The molecule has 0 aliphatic rings. The van der Waals surface area contributed by atoms with Gasteiger partial charge in [-0.2, -0.15) is 0 Å². The molecule has 0 aliphatic heterocycles. The van der Waals surface area contributed by atoms with E-state index in [2.05, 4.69) is 27.7 Å². The van der Waals surface area contributed by atoms with Crippen LogP contribution in [0, 0.1) is 0 Å². The Morgan fingerprint density at radius 1 is 0.161 bits per heavy atom. The van der Waals surface area contributed by atoms with Gasteiger partial charge in [0.15, 0.2) is 0 Å². The average Bonchev–Trinajstić information content (AvgIpc) is 3.27. The molecule has 0 aromatic rings. The molecule has 0 saturated heterocycles. The van der Waals surface area contributed by atoms with Gasteiger partial charge in [0.2, 0.25) is 0 Å². The molecular weight excluding hydrogens is 787 g/mol. The Balaban J connectivity index is 5.08. The Kier molecular flexibility index (Phi) is 51.7. The molecule has 0 bridgehead atoms. The fourth-order valence-corrected chi connectivity index (χ4v) is 17.6. The summed E-state index contributed by atoms with van der Waals surface area (Å²) in [6.45, 7) is 9.32. The van der Waals surface area contributed by atoms with Gasteiger partial charge in [-0.15, -0.1) is 0 Å². The zero-order valence-corrected chi connectivity index (χ0v) is 46.1. The first kappa shape index (κ1) is 62.7. The van der Waals surface area contributed by atoms with E-state index in [0.717, 1.165) is 0 Å². The van der Waals surface area contributed by atoms with Crippen molar-refractivity contribution in [2.45, 2.75) is 362 Å². The zero-order valence-electron chi connectivity index (χ0n) is 44.4. The molecule has 0 unspecified atom stereocenters. The minimum Gasteiger partial charge on any atom is -0.0654 e.